The van der Waals surface area contributed by atoms with Gasteiger partial charge in [0.15, 0.2) is 0 Å². The van der Waals surface area contributed by atoms with Gasteiger partial charge < -0.3 is 4.74 Å². The van der Waals surface area contributed by atoms with Crippen LogP contribution in [0.25, 0.3) is 0 Å². The average molecular weight is 369 g/mol. The zero-order chi connectivity index (χ0) is 19.3. The molecule has 0 aliphatic heterocycles. The minimum absolute atomic E-state index is 0.00341. The number of carbonyl (C=O) groups is 1. The molecule has 0 aromatic heterocycles. The minimum atomic E-state index is -0.00341. The van der Waals surface area contributed by atoms with Gasteiger partial charge in [-0.3, -0.25) is 4.79 Å². The maximum Gasteiger partial charge on any atom is 0.306 e. The lowest BCUT2D eigenvalue weighted by Crippen LogP contribution is -2.14. The summed E-state index contributed by atoms with van der Waals surface area (Å²) in [6.45, 7) is 6.48. The van der Waals surface area contributed by atoms with E-state index in [1.165, 1.54) is 89.9 Å². The van der Waals surface area contributed by atoms with E-state index in [1.807, 2.05) is 6.92 Å². The Labute approximate surface area is 164 Å². The van der Waals surface area contributed by atoms with Crippen LogP contribution in [-0.2, 0) is 9.53 Å². The van der Waals surface area contributed by atoms with Gasteiger partial charge in [0.2, 0.25) is 0 Å². The smallest absolute Gasteiger partial charge is 0.306 e. The third kappa shape index (κ3) is 19.8. The molecule has 0 aliphatic rings. The summed E-state index contributed by atoms with van der Waals surface area (Å²) in [5, 5.41) is 0. The molecule has 0 aromatic carbocycles. The van der Waals surface area contributed by atoms with E-state index in [1.54, 1.807) is 0 Å². The van der Waals surface area contributed by atoms with E-state index in [2.05, 4.69) is 13.8 Å². The van der Waals surface area contributed by atoms with Gasteiger partial charge in [-0.2, -0.15) is 0 Å². The van der Waals surface area contributed by atoms with Crippen molar-refractivity contribution in [2.45, 2.75) is 149 Å². The first kappa shape index (κ1) is 25.5. The van der Waals surface area contributed by atoms with Gasteiger partial charge in [-0.25, -0.2) is 0 Å². The zero-order valence-electron chi connectivity index (χ0n) is 18.3. The highest BCUT2D eigenvalue weighted by Gasteiger charge is 2.08. The molecular formula is C24H48O2. The van der Waals surface area contributed by atoms with E-state index in [0.717, 1.165) is 25.7 Å². The molecule has 0 bridgehead atoms. The lowest BCUT2D eigenvalue weighted by Gasteiger charge is -2.13. The minimum Gasteiger partial charge on any atom is -0.463 e. The average Bonchev–Trinajstić information content (AvgIpc) is 2.62. The van der Waals surface area contributed by atoms with E-state index in [4.69, 9.17) is 4.74 Å². The van der Waals surface area contributed by atoms with Crippen LogP contribution in [0.1, 0.15) is 143 Å². The number of hydrogen-bond donors (Lipinski definition) is 0. The van der Waals surface area contributed by atoms with Gasteiger partial charge in [0.1, 0.15) is 0 Å². The number of esters is 1. The first-order chi connectivity index (χ1) is 12.7. The number of rotatable bonds is 20. The number of carbonyl (C=O) groups excluding carboxylic acids is 1. The van der Waals surface area contributed by atoms with Gasteiger partial charge >= 0.3 is 5.97 Å². The van der Waals surface area contributed by atoms with Crippen LogP contribution in [0.5, 0.6) is 0 Å². The first-order valence-corrected chi connectivity index (χ1v) is 11.9. The lowest BCUT2D eigenvalue weighted by atomic mass is 10.0. The molecule has 0 radical (unpaired) electrons. The Kier molecular flexibility index (Phi) is 20.4. The molecule has 1 atom stereocenters. The molecule has 0 aliphatic carbocycles. The van der Waals surface area contributed by atoms with Crippen molar-refractivity contribution in [1.29, 1.82) is 0 Å². The molecule has 2 nitrogen and oxygen atoms in total. The Morgan fingerprint density at radius 1 is 0.615 bits per heavy atom. The van der Waals surface area contributed by atoms with E-state index < -0.39 is 0 Å². The molecule has 0 saturated heterocycles. The second-order valence-electron chi connectivity index (χ2n) is 8.14. The lowest BCUT2D eigenvalue weighted by molar-refractivity contribution is -0.148. The molecule has 0 spiro atoms. The molecule has 0 aromatic rings. The second kappa shape index (κ2) is 20.8. The molecule has 1 unspecified atom stereocenters. The van der Waals surface area contributed by atoms with Crippen molar-refractivity contribution < 1.29 is 9.53 Å². The van der Waals surface area contributed by atoms with Crippen LogP contribution in [-0.4, -0.2) is 12.1 Å². The van der Waals surface area contributed by atoms with Crippen LogP contribution in [0.15, 0.2) is 0 Å². The quantitative estimate of drug-likeness (QED) is 0.159. The Hall–Kier alpha value is -0.530. The molecule has 0 amide bonds. The maximum atomic E-state index is 11.7. The van der Waals surface area contributed by atoms with Crippen LogP contribution in [0.4, 0.5) is 0 Å². The third-order valence-corrected chi connectivity index (χ3v) is 5.28. The van der Waals surface area contributed by atoms with Crippen LogP contribution in [0.3, 0.4) is 0 Å². The highest BCUT2D eigenvalue weighted by Crippen LogP contribution is 2.14. The molecule has 2 heteroatoms. The van der Waals surface area contributed by atoms with Crippen LogP contribution in [0, 0.1) is 0 Å². The standard InChI is InChI=1S/C24H48O2/c1-4-6-8-9-10-11-12-13-14-15-16-17-18-20-21-23(3)26-24(25)22-19-7-5-2/h23H,4-22H2,1-3H3. The summed E-state index contributed by atoms with van der Waals surface area (Å²) in [6.07, 6.45) is 24.4. The van der Waals surface area contributed by atoms with Crippen molar-refractivity contribution in [1.82, 2.24) is 0 Å². The summed E-state index contributed by atoms with van der Waals surface area (Å²) in [4.78, 5) is 11.7. The Balaban J connectivity index is 3.21. The summed E-state index contributed by atoms with van der Waals surface area (Å²) in [5.74, 6) is -0.00341. The van der Waals surface area contributed by atoms with Gasteiger partial charge in [0.05, 0.1) is 6.10 Å². The topological polar surface area (TPSA) is 26.3 Å². The summed E-state index contributed by atoms with van der Waals surface area (Å²) >= 11 is 0. The van der Waals surface area contributed by atoms with Crippen molar-refractivity contribution in [3.63, 3.8) is 0 Å². The van der Waals surface area contributed by atoms with E-state index in [-0.39, 0.29) is 12.1 Å². The van der Waals surface area contributed by atoms with Gasteiger partial charge in [-0.1, -0.05) is 110 Å². The Morgan fingerprint density at radius 3 is 1.46 bits per heavy atom. The number of ether oxygens (including phenoxy) is 1. The molecule has 0 fully saturated rings. The molecule has 156 valence electrons. The molecule has 0 saturated carbocycles. The zero-order valence-corrected chi connectivity index (χ0v) is 18.3. The molecular weight excluding hydrogens is 320 g/mol. The highest BCUT2D eigenvalue weighted by atomic mass is 16.5. The largest absolute Gasteiger partial charge is 0.463 e. The highest BCUT2D eigenvalue weighted by molar-refractivity contribution is 5.69. The van der Waals surface area contributed by atoms with Gasteiger partial charge in [0, 0.05) is 6.42 Å². The summed E-state index contributed by atoms with van der Waals surface area (Å²) < 4.78 is 5.47. The number of unbranched alkanes of at least 4 members (excludes halogenated alkanes) is 15. The van der Waals surface area contributed by atoms with Gasteiger partial charge in [0.25, 0.3) is 0 Å². The van der Waals surface area contributed by atoms with Crippen molar-refractivity contribution in [3.8, 4) is 0 Å². The fraction of sp³-hybridized carbons (Fsp3) is 0.958. The fourth-order valence-corrected chi connectivity index (χ4v) is 3.49. The van der Waals surface area contributed by atoms with Crippen LogP contribution in [0.2, 0.25) is 0 Å². The summed E-state index contributed by atoms with van der Waals surface area (Å²) in [6, 6.07) is 0. The van der Waals surface area contributed by atoms with Crippen molar-refractivity contribution in [2.75, 3.05) is 0 Å². The SMILES string of the molecule is CCCCCCCCCCCCCCCCC(C)OC(=O)CCCCC. The predicted molar refractivity (Wildman–Crippen MR) is 115 cm³/mol. The predicted octanol–water partition coefficient (Wildman–Crippen LogP) is 8.37. The van der Waals surface area contributed by atoms with Crippen molar-refractivity contribution >= 4 is 5.97 Å². The second-order valence-corrected chi connectivity index (χ2v) is 8.14. The van der Waals surface area contributed by atoms with Gasteiger partial charge in [-0.05, 0) is 26.2 Å². The molecule has 0 N–H and O–H groups in total. The van der Waals surface area contributed by atoms with Gasteiger partial charge in [-0.15, -0.1) is 0 Å². The molecule has 0 rings (SSSR count). The van der Waals surface area contributed by atoms with Crippen molar-refractivity contribution in [3.05, 3.63) is 0 Å². The monoisotopic (exact) mass is 368 g/mol. The summed E-state index contributed by atoms with van der Waals surface area (Å²) in [5.41, 5.74) is 0. The molecule has 26 heavy (non-hydrogen) atoms. The van der Waals surface area contributed by atoms with E-state index >= 15 is 0 Å². The Morgan fingerprint density at radius 2 is 1.00 bits per heavy atom. The maximum absolute atomic E-state index is 11.7. The van der Waals surface area contributed by atoms with Crippen LogP contribution >= 0.6 is 0 Å². The van der Waals surface area contributed by atoms with E-state index in [9.17, 15) is 4.79 Å². The van der Waals surface area contributed by atoms with E-state index in [0.29, 0.717) is 6.42 Å². The Bertz CT molecular complexity index is 288. The number of hydrogen-bond acceptors (Lipinski definition) is 2. The first-order valence-electron chi connectivity index (χ1n) is 11.9. The van der Waals surface area contributed by atoms with Crippen molar-refractivity contribution in [2.24, 2.45) is 0 Å². The summed E-state index contributed by atoms with van der Waals surface area (Å²) in [7, 11) is 0. The normalized spacial score (nSPS) is 12.3. The molecule has 0 heterocycles. The fourth-order valence-electron chi connectivity index (χ4n) is 3.49. The van der Waals surface area contributed by atoms with Crippen LogP contribution < -0.4 is 0 Å². The third-order valence-electron chi connectivity index (χ3n) is 5.28.